The first kappa shape index (κ1) is 41.9. The highest BCUT2D eigenvalue weighted by atomic mass is 79.9. The highest BCUT2D eigenvalue weighted by molar-refractivity contribution is 9.10. The van der Waals surface area contributed by atoms with Gasteiger partial charge in [-0.25, -0.2) is 23.1 Å². The number of nitrogens with zero attached hydrogens (tertiary/aromatic N) is 5. The maximum Gasteiger partial charge on any atom is 0.312 e. The van der Waals surface area contributed by atoms with E-state index >= 15 is 0 Å². The van der Waals surface area contributed by atoms with E-state index in [0.29, 0.717) is 35.8 Å². The van der Waals surface area contributed by atoms with Gasteiger partial charge >= 0.3 is 5.69 Å². The molecule has 5 aliphatic rings. The van der Waals surface area contributed by atoms with E-state index in [4.69, 9.17) is 9.47 Å². The lowest BCUT2D eigenvalue weighted by Crippen LogP contribution is -2.60. The molecule has 1 unspecified atom stereocenters. The molecule has 2 atom stereocenters. The molecular weight excluding hydrogens is 889 g/mol. The molecule has 1 amide bonds. The Morgan fingerprint density at radius 3 is 2.59 bits per heavy atom. The van der Waals surface area contributed by atoms with Gasteiger partial charge in [0.1, 0.15) is 22.0 Å². The molecule has 3 aliphatic carbocycles. The van der Waals surface area contributed by atoms with Gasteiger partial charge in [-0.15, -0.1) is 0 Å². The van der Waals surface area contributed by atoms with E-state index in [1.165, 1.54) is 11.8 Å². The number of ether oxygens (including phenoxy) is 2. The maximum atomic E-state index is 14.0. The molecule has 2 aliphatic heterocycles. The molecule has 0 bridgehead atoms. The minimum Gasteiger partial charge on any atom is -0.455 e. The molecule has 0 radical (unpaired) electrons. The fourth-order valence-corrected chi connectivity index (χ4v) is 12.3. The third-order valence-corrected chi connectivity index (χ3v) is 16.4. The first-order chi connectivity index (χ1) is 30.4. The molecule has 17 heteroatoms. The number of carbonyl (C=O) groups is 1. The molecule has 5 aromatic rings. The number of benzene rings is 2. The summed E-state index contributed by atoms with van der Waals surface area (Å²) in [5.74, 6) is 0.545. The molecule has 15 nitrogen and oxygen atoms in total. The number of aromatic nitrogens is 3. The molecular formula is C46H51BrN8O7S. The van der Waals surface area contributed by atoms with Crippen LogP contribution in [-0.2, 0) is 20.3 Å². The summed E-state index contributed by atoms with van der Waals surface area (Å²) in [5, 5.41) is 16.0. The smallest absolute Gasteiger partial charge is 0.312 e. The highest BCUT2D eigenvalue weighted by Gasteiger charge is 2.66. The van der Waals surface area contributed by atoms with Gasteiger partial charge in [-0.1, -0.05) is 53.9 Å². The van der Waals surface area contributed by atoms with E-state index in [-0.39, 0.29) is 34.2 Å². The zero-order valence-corrected chi connectivity index (χ0v) is 37.5. The van der Waals surface area contributed by atoms with Crippen LogP contribution in [0.3, 0.4) is 0 Å². The van der Waals surface area contributed by atoms with Crippen molar-refractivity contribution in [1.29, 1.82) is 0 Å². The van der Waals surface area contributed by atoms with Gasteiger partial charge in [-0.05, 0) is 91.7 Å². The fourth-order valence-electron chi connectivity index (χ4n) is 10.7. The Bertz CT molecular complexity index is 2670. The van der Waals surface area contributed by atoms with Gasteiger partial charge in [0.15, 0.2) is 0 Å². The number of pyridine rings is 2. The second kappa shape index (κ2) is 16.5. The van der Waals surface area contributed by atoms with Crippen LogP contribution in [0, 0.1) is 27.4 Å². The Balaban J connectivity index is 0.846. The minimum absolute atomic E-state index is 0.0118. The van der Waals surface area contributed by atoms with Crippen molar-refractivity contribution < 1.29 is 27.6 Å². The fraction of sp³-hybridized carbons (Fsp3) is 0.457. The molecule has 63 heavy (non-hydrogen) atoms. The average Bonchev–Trinajstić information content (AvgIpc) is 3.84. The first-order valence-electron chi connectivity index (χ1n) is 22.0. The molecule has 5 heterocycles. The summed E-state index contributed by atoms with van der Waals surface area (Å²) in [4.78, 5) is 41.6. The molecule has 2 saturated heterocycles. The van der Waals surface area contributed by atoms with Gasteiger partial charge in [-0.3, -0.25) is 19.8 Å². The predicted molar refractivity (Wildman–Crippen MR) is 242 cm³/mol. The van der Waals surface area contributed by atoms with Crippen molar-refractivity contribution in [3.8, 4) is 11.5 Å². The summed E-state index contributed by atoms with van der Waals surface area (Å²) in [6.07, 6.45) is 14.1. The number of halogens is 1. The lowest BCUT2D eigenvalue weighted by atomic mass is 9.59. The summed E-state index contributed by atoms with van der Waals surface area (Å²) in [7, 11) is -4.60. The maximum absolute atomic E-state index is 14.0. The molecule has 10 rings (SSSR count). The van der Waals surface area contributed by atoms with Crippen LogP contribution in [0.1, 0.15) is 80.6 Å². The Labute approximate surface area is 374 Å². The predicted octanol–water partition coefficient (Wildman–Crippen LogP) is 8.53. The third kappa shape index (κ3) is 8.06. The minimum atomic E-state index is -4.60. The zero-order valence-electron chi connectivity index (χ0n) is 35.1. The number of anilines is 2. The van der Waals surface area contributed by atoms with Gasteiger partial charge in [0.2, 0.25) is 5.82 Å². The number of sulfonamides is 1. The number of piperidine rings is 1. The lowest BCUT2D eigenvalue weighted by molar-refractivity contribution is -0.384. The van der Waals surface area contributed by atoms with Crippen LogP contribution in [0.25, 0.3) is 11.0 Å². The van der Waals surface area contributed by atoms with E-state index in [0.717, 1.165) is 112 Å². The summed E-state index contributed by atoms with van der Waals surface area (Å²) >= 11 is 3.82. The van der Waals surface area contributed by atoms with Crippen molar-refractivity contribution >= 4 is 60.1 Å². The van der Waals surface area contributed by atoms with E-state index in [9.17, 15) is 23.3 Å². The largest absolute Gasteiger partial charge is 0.455 e. The Morgan fingerprint density at radius 1 is 1.02 bits per heavy atom. The van der Waals surface area contributed by atoms with Crippen LogP contribution in [-0.4, -0.2) is 84.0 Å². The van der Waals surface area contributed by atoms with Gasteiger partial charge in [0, 0.05) is 72.5 Å². The molecule has 3 N–H and O–H groups in total. The Morgan fingerprint density at radius 2 is 1.81 bits per heavy atom. The molecule has 1 spiro atoms. The number of carbonyl (C=O) groups excluding carboxylic acids is 1. The number of aromatic amines is 1. The third-order valence-electron chi connectivity index (χ3n) is 14.4. The number of amides is 1. The monoisotopic (exact) mass is 938 g/mol. The number of rotatable bonds is 12. The number of nitrogens with one attached hydrogen (secondary N) is 3. The zero-order chi connectivity index (χ0) is 43.5. The van der Waals surface area contributed by atoms with Crippen molar-refractivity contribution in [1.82, 2.24) is 24.6 Å². The van der Waals surface area contributed by atoms with Crippen LogP contribution in [0.2, 0.25) is 0 Å². The standard InChI is InChI=1S/C46H51BrN8O7S/c1-29-6-8-30(9-7-29)26-49-43-39(55(57)58)22-35(28-51-43)63(59,60)52-44(56)36-11-10-32(21-40(36)62-34-20-31-12-15-48-42(31)50-27-34)53-16-13-45(14-17-53)23-33(24-45)54-18-19-61-41-25-46(41,54)37-4-2-3-5-38(37)47/h2-5,10-12,15,20-22,27-30,33,41H,6-9,13-14,16-19,23-26H2,1H3,(H,48,50)(H,49,51)(H,52,56)/t29?,30?,41?,46-/m1/s1. The van der Waals surface area contributed by atoms with Crippen LogP contribution >= 0.6 is 15.9 Å². The van der Waals surface area contributed by atoms with Crippen molar-refractivity contribution in [3.05, 3.63) is 105 Å². The normalized spacial score (nSPS) is 24.7. The SMILES string of the molecule is CC1CCC(CNc2ncc(S(=O)(=O)NC(=O)c3ccc(N4CCC5(CC4)CC(N4CCOC6C[C@@]64c4ccccc4Br)C5)cc3Oc3cnc4[nH]ccc4c3)cc2[N+](=O)[O-])CC1. The van der Waals surface area contributed by atoms with Crippen LogP contribution < -0.4 is 19.7 Å². The van der Waals surface area contributed by atoms with Crippen LogP contribution in [0.5, 0.6) is 11.5 Å². The highest BCUT2D eigenvalue weighted by Crippen LogP contribution is 2.62. The second-order valence-electron chi connectivity index (χ2n) is 18.3. The second-order valence-corrected chi connectivity index (χ2v) is 20.9. The van der Waals surface area contributed by atoms with Gasteiger partial charge in [0.25, 0.3) is 15.9 Å². The number of morpholine rings is 1. The van der Waals surface area contributed by atoms with Crippen LogP contribution in [0.15, 0.2) is 88.6 Å². The van der Waals surface area contributed by atoms with Crippen molar-refractivity contribution in [3.63, 3.8) is 0 Å². The first-order valence-corrected chi connectivity index (χ1v) is 24.3. The number of hydrogen-bond acceptors (Lipinski definition) is 12. The molecule has 3 aromatic heterocycles. The van der Waals surface area contributed by atoms with E-state index in [2.05, 4.69) is 81.9 Å². The molecule has 3 saturated carbocycles. The summed E-state index contributed by atoms with van der Waals surface area (Å²) in [6, 6.07) is 18.8. The number of hydrogen-bond donors (Lipinski definition) is 3. The lowest BCUT2D eigenvalue weighted by Gasteiger charge is -2.58. The van der Waals surface area contributed by atoms with E-state index in [1.54, 1.807) is 24.4 Å². The quantitative estimate of drug-likeness (QED) is 0.0802. The summed E-state index contributed by atoms with van der Waals surface area (Å²) in [5.41, 5.74) is 2.52. The van der Waals surface area contributed by atoms with Crippen molar-refractivity contribution in [2.24, 2.45) is 17.3 Å². The van der Waals surface area contributed by atoms with Gasteiger partial charge in [0.05, 0.1) is 41.1 Å². The Kier molecular flexibility index (Phi) is 11.0. The average molecular weight is 940 g/mol. The van der Waals surface area contributed by atoms with Crippen LogP contribution in [0.4, 0.5) is 17.2 Å². The number of nitro groups is 1. The Hall–Kier alpha value is -5.10. The number of H-pyrrole nitrogens is 1. The van der Waals surface area contributed by atoms with E-state index in [1.807, 2.05) is 12.1 Å². The number of fused-ring (bicyclic) bond motifs is 2. The molecule has 330 valence electrons. The molecule has 2 aromatic carbocycles. The molecule has 5 fully saturated rings. The van der Waals surface area contributed by atoms with Gasteiger partial charge < -0.3 is 24.7 Å². The van der Waals surface area contributed by atoms with Crippen molar-refractivity contribution in [2.75, 3.05) is 43.0 Å². The topological polar surface area (TPSA) is 185 Å². The van der Waals surface area contributed by atoms with Gasteiger partial charge in [-0.2, -0.15) is 0 Å². The van der Waals surface area contributed by atoms with E-state index < -0.39 is 31.4 Å². The summed E-state index contributed by atoms with van der Waals surface area (Å²) in [6.45, 7) is 6.05. The summed E-state index contributed by atoms with van der Waals surface area (Å²) < 4.78 is 43.2. The van der Waals surface area contributed by atoms with Crippen molar-refractivity contribution in [2.45, 2.75) is 87.3 Å².